The summed E-state index contributed by atoms with van der Waals surface area (Å²) in [5.74, 6) is 0.0821. The number of amides is 1. The lowest BCUT2D eigenvalue weighted by Crippen LogP contribution is -2.13. The van der Waals surface area contributed by atoms with E-state index in [1.54, 1.807) is 0 Å². The topological polar surface area (TPSA) is 32.3 Å². The lowest BCUT2D eigenvalue weighted by atomic mass is 10.1. The molecule has 1 amide bonds. The van der Waals surface area contributed by atoms with Crippen LogP contribution in [-0.4, -0.2) is 18.4 Å². The van der Waals surface area contributed by atoms with E-state index in [1.807, 2.05) is 19.2 Å². The van der Waals surface area contributed by atoms with Gasteiger partial charge in [-0.1, -0.05) is 15.9 Å². The molecule has 1 aliphatic rings. The Labute approximate surface area is 91.2 Å². The van der Waals surface area contributed by atoms with Gasteiger partial charge in [-0.2, -0.15) is 0 Å². The zero-order valence-electron chi connectivity index (χ0n) is 7.88. The van der Waals surface area contributed by atoms with Crippen LogP contribution < -0.4 is 10.2 Å². The van der Waals surface area contributed by atoms with Gasteiger partial charge in [0.15, 0.2) is 0 Å². The van der Waals surface area contributed by atoms with Crippen molar-refractivity contribution in [2.75, 3.05) is 22.7 Å². The molecule has 0 bridgehead atoms. The molecule has 1 aromatic rings. The molecule has 0 unspecified atom stereocenters. The van der Waals surface area contributed by atoms with Gasteiger partial charge in [-0.15, -0.1) is 0 Å². The fourth-order valence-electron chi connectivity index (χ4n) is 1.52. The first-order valence-electron chi connectivity index (χ1n) is 4.40. The number of carbonyl (C=O) groups is 1. The third-order valence-electron chi connectivity index (χ3n) is 2.33. The Morgan fingerprint density at radius 2 is 2.36 bits per heavy atom. The molecule has 74 valence electrons. The standard InChI is InChI=1S/C10H11BrN2O/c1-13(6-11)8-2-3-9-7(4-8)5-10(14)12-9/h2-4H,5-6H2,1H3,(H,12,14). The minimum atomic E-state index is 0.0821. The highest BCUT2D eigenvalue weighted by molar-refractivity contribution is 9.09. The second-order valence-electron chi connectivity index (χ2n) is 3.38. The lowest BCUT2D eigenvalue weighted by Gasteiger charge is -2.16. The largest absolute Gasteiger partial charge is 0.365 e. The van der Waals surface area contributed by atoms with Crippen molar-refractivity contribution in [3.8, 4) is 0 Å². The number of fused-ring (bicyclic) bond motifs is 1. The van der Waals surface area contributed by atoms with E-state index in [9.17, 15) is 4.79 Å². The number of halogens is 1. The Morgan fingerprint density at radius 1 is 1.57 bits per heavy atom. The monoisotopic (exact) mass is 254 g/mol. The van der Waals surface area contributed by atoms with E-state index in [0.717, 1.165) is 22.4 Å². The van der Waals surface area contributed by atoms with Crippen LogP contribution in [0.15, 0.2) is 18.2 Å². The molecule has 14 heavy (non-hydrogen) atoms. The van der Waals surface area contributed by atoms with Gasteiger partial charge in [0.25, 0.3) is 0 Å². The van der Waals surface area contributed by atoms with Crippen molar-refractivity contribution >= 4 is 33.2 Å². The Balaban J connectivity index is 2.32. The normalized spacial score (nSPS) is 13.7. The maximum atomic E-state index is 11.1. The third-order valence-corrected chi connectivity index (χ3v) is 3.09. The van der Waals surface area contributed by atoms with E-state index in [-0.39, 0.29) is 5.91 Å². The summed E-state index contributed by atoms with van der Waals surface area (Å²) in [5, 5.41) is 2.81. The number of hydrogen-bond donors (Lipinski definition) is 1. The number of nitrogens with zero attached hydrogens (tertiary/aromatic N) is 1. The summed E-state index contributed by atoms with van der Waals surface area (Å²) in [7, 11) is 2.00. The second kappa shape index (κ2) is 3.61. The quantitative estimate of drug-likeness (QED) is 0.647. The van der Waals surface area contributed by atoms with Gasteiger partial charge in [-0.25, -0.2) is 0 Å². The van der Waals surface area contributed by atoms with Gasteiger partial charge in [-0.3, -0.25) is 4.79 Å². The number of benzene rings is 1. The predicted octanol–water partition coefficient (Wildman–Crippen LogP) is 1.97. The lowest BCUT2D eigenvalue weighted by molar-refractivity contribution is -0.115. The Bertz CT molecular complexity index is 378. The molecule has 0 saturated carbocycles. The fraction of sp³-hybridized carbons (Fsp3) is 0.300. The highest BCUT2D eigenvalue weighted by atomic mass is 79.9. The number of anilines is 2. The summed E-state index contributed by atoms with van der Waals surface area (Å²) in [6, 6.07) is 6.01. The summed E-state index contributed by atoms with van der Waals surface area (Å²) in [5.41, 5.74) is 3.94. The minimum absolute atomic E-state index is 0.0821. The number of rotatable bonds is 2. The number of alkyl halides is 1. The summed E-state index contributed by atoms with van der Waals surface area (Å²) >= 11 is 3.39. The van der Waals surface area contributed by atoms with Crippen LogP contribution in [0.3, 0.4) is 0 Å². The van der Waals surface area contributed by atoms with Crippen LogP contribution >= 0.6 is 15.9 Å². The Hall–Kier alpha value is -1.03. The smallest absolute Gasteiger partial charge is 0.228 e. The van der Waals surface area contributed by atoms with Crippen molar-refractivity contribution in [2.45, 2.75) is 6.42 Å². The van der Waals surface area contributed by atoms with Gasteiger partial charge < -0.3 is 10.2 Å². The van der Waals surface area contributed by atoms with E-state index in [1.165, 1.54) is 0 Å². The van der Waals surface area contributed by atoms with Crippen LogP contribution in [0.5, 0.6) is 0 Å². The number of nitrogens with one attached hydrogen (secondary N) is 1. The summed E-state index contributed by atoms with van der Waals surface area (Å²) in [4.78, 5) is 13.2. The van der Waals surface area contributed by atoms with Gasteiger partial charge >= 0.3 is 0 Å². The van der Waals surface area contributed by atoms with E-state index >= 15 is 0 Å². The van der Waals surface area contributed by atoms with Crippen molar-refractivity contribution in [1.29, 1.82) is 0 Å². The van der Waals surface area contributed by atoms with Crippen LogP contribution in [0.1, 0.15) is 5.56 Å². The van der Waals surface area contributed by atoms with Crippen molar-refractivity contribution in [3.63, 3.8) is 0 Å². The number of hydrogen-bond acceptors (Lipinski definition) is 2. The molecule has 1 aromatic carbocycles. The number of carbonyl (C=O) groups excluding carboxylic acids is 1. The highest BCUT2D eigenvalue weighted by Gasteiger charge is 2.17. The first-order chi connectivity index (χ1) is 6.70. The van der Waals surface area contributed by atoms with E-state index < -0.39 is 0 Å². The molecular formula is C10H11BrN2O. The fourth-order valence-corrected chi connectivity index (χ4v) is 1.81. The molecular weight excluding hydrogens is 244 g/mol. The zero-order valence-corrected chi connectivity index (χ0v) is 9.47. The molecule has 0 radical (unpaired) electrons. The van der Waals surface area contributed by atoms with E-state index in [0.29, 0.717) is 6.42 Å². The molecule has 0 spiro atoms. The van der Waals surface area contributed by atoms with Crippen molar-refractivity contribution in [2.24, 2.45) is 0 Å². The maximum Gasteiger partial charge on any atom is 0.228 e. The molecule has 0 atom stereocenters. The molecule has 3 nitrogen and oxygen atoms in total. The molecule has 4 heteroatoms. The summed E-state index contributed by atoms with van der Waals surface area (Å²) in [6.45, 7) is 0. The molecule has 1 heterocycles. The third kappa shape index (κ3) is 1.62. The van der Waals surface area contributed by atoms with E-state index in [2.05, 4.69) is 32.2 Å². The molecule has 1 aliphatic heterocycles. The highest BCUT2D eigenvalue weighted by Crippen LogP contribution is 2.27. The Kier molecular flexibility index (Phi) is 2.46. The van der Waals surface area contributed by atoms with Crippen molar-refractivity contribution in [1.82, 2.24) is 0 Å². The summed E-state index contributed by atoms with van der Waals surface area (Å²) in [6.07, 6.45) is 0.499. The summed E-state index contributed by atoms with van der Waals surface area (Å²) < 4.78 is 0. The predicted molar refractivity (Wildman–Crippen MR) is 61.0 cm³/mol. The Morgan fingerprint density at radius 3 is 3.07 bits per heavy atom. The first-order valence-corrected chi connectivity index (χ1v) is 5.53. The van der Waals surface area contributed by atoms with Gasteiger partial charge in [0, 0.05) is 18.4 Å². The van der Waals surface area contributed by atoms with Crippen molar-refractivity contribution < 1.29 is 4.79 Å². The van der Waals surface area contributed by atoms with Crippen LogP contribution in [0.2, 0.25) is 0 Å². The molecule has 0 aromatic heterocycles. The van der Waals surface area contributed by atoms with Crippen LogP contribution in [0, 0.1) is 0 Å². The zero-order chi connectivity index (χ0) is 10.1. The SMILES string of the molecule is CN(CBr)c1ccc2c(c1)CC(=O)N2. The molecule has 2 rings (SSSR count). The van der Waals surface area contributed by atoms with Gasteiger partial charge in [-0.05, 0) is 23.8 Å². The van der Waals surface area contributed by atoms with Gasteiger partial charge in [0.05, 0.1) is 11.9 Å². The van der Waals surface area contributed by atoms with Crippen LogP contribution in [-0.2, 0) is 11.2 Å². The maximum absolute atomic E-state index is 11.1. The second-order valence-corrected chi connectivity index (χ2v) is 3.89. The average Bonchev–Trinajstić information content (AvgIpc) is 2.55. The molecule has 0 aliphatic carbocycles. The van der Waals surface area contributed by atoms with Gasteiger partial charge in [0.1, 0.15) is 0 Å². The van der Waals surface area contributed by atoms with Crippen LogP contribution in [0.4, 0.5) is 11.4 Å². The first kappa shape index (κ1) is 9.52. The molecule has 0 saturated heterocycles. The van der Waals surface area contributed by atoms with E-state index in [4.69, 9.17) is 0 Å². The minimum Gasteiger partial charge on any atom is -0.365 e. The van der Waals surface area contributed by atoms with Gasteiger partial charge in [0.2, 0.25) is 5.91 Å². The molecule has 1 N–H and O–H groups in total. The average molecular weight is 255 g/mol. The van der Waals surface area contributed by atoms with Crippen molar-refractivity contribution in [3.05, 3.63) is 23.8 Å². The molecule has 0 fully saturated rings. The van der Waals surface area contributed by atoms with Crippen LogP contribution in [0.25, 0.3) is 0 Å².